The predicted molar refractivity (Wildman–Crippen MR) is 93.6 cm³/mol. The molecule has 0 radical (unpaired) electrons. The summed E-state index contributed by atoms with van der Waals surface area (Å²) in [4.78, 5) is 26.6. The summed E-state index contributed by atoms with van der Waals surface area (Å²) in [7, 11) is 0. The lowest BCUT2D eigenvalue weighted by Crippen LogP contribution is -1.96. The van der Waals surface area contributed by atoms with Crippen molar-refractivity contribution in [3.05, 3.63) is 35.4 Å². The van der Waals surface area contributed by atoms with Crippen LogP contribution < -0.4 is 5.73 Å². The average Bonchev–Trinajstić information content (AvgIpc) is 3.13. The lowest BCUT2D eigenvalue weighted by atomic mass is 10.2. The van der Waals surface area contributed by atoms with E-state index in [2.05, 4.69) is 41.8 Å². The first kappa shape index (κ1) is 15.9. The van der Waals surface area contributed by atoms with Crippen LogP contribution in [0.15, 0.2) is 12.7 Å². The molecule has 0 spiro atoms. The first-order valence-electron chi connectivity index (χ1n) is 7.73. The third-order valence-corrected chi connectivity index (χ3v) is 3.91. The van der Waals surface area contributed by atoms with Crippen LogP contribution in [0, 0.1) is 20.8 Å². The molecule has 0 saturated carbocycles. The van der Waals surface area contributed by atoms with E-state index in [0.29, 0.717) is 11.6 Å². The van der Waals surface area contributed by atoms with E-state index in [9.17, 15) is 0 Å². The Morgan fingerprint density at radius 1 is 1.08 bits per heavy atom. The monoisotopic (exact) mass is 324 g/mol. The van der Waals surface area contributed by atoms with Crippen LogP contribution in [0.4, 0.5) is 5.82 Å². The van der Waals surface area contributed by atoms with Crippen LogP contribution in [0.25, 0.3) is 22.2 Å². The zero-order chi connectivity index (χ0) is 17.3. The summed E-state index contributed by atoms with van der Waals surface area (Å²) in [6.45, 7) is 7.92. The minimum absolute atomic E-state index is 0.570. The second-order valence-electron chi connectivity index (χ2n) is 5.52. The summed E-state index contributed by atoms with van der Waals surface area (Å²) in [5.74, 6) is 1.28. The van der Waals surface area contributed by atoms with Gasteiger partial charge in [-0.1, -0.05) is 6.92 Å². The normalized spacial score (nSPS) is 10.8. The number of aryl methyl sites for hydroxylation is 4. The summed E-state index contributed by atoms with van der Waals surface area (Å²) in [5.41, 5.74) is 11.6. The van der Waals surface area contributed by atoms with E-state index < -0.39 is 0 Å². The Morgan fingerprint density at radius 3 is 2.58 bits per heavy atom. The molecule has 4 N–H and O–H groups in total. The maximum atomic E-state index is 5.85. The van der Waals surface area contributed by atoms with E-state index in [1.165, 1.54) is 17.6 Å². The van der Waals surface area contributed by atoms with Gasteiger partial charge < -0.3 is 15.7 Å². The third kappa shape index (κ3) is 2.78. The summed E-state index contributed by atoms with van der Waals surface area (Å²) in [5, 5.41) is 0.965. The number of imidazole rings is 1. The van der Waals surface area contributed by atoms with Gasteiger partial charge in [0.15, 0.2) is 5.65 Å². The highest BCUT2D eigenvalue weighted by atomic mass is 15.0. The van der Waals surface area contributed by atoms with E-state index in [4.69, 9.17) is 5.73 Å². The number of anilines is 1. The zero-order valence-corrected chi connectivity index (χ0v) is 14.2. The van der Waals surface area contributed by atoms with Crippen molar-refractivity contribution in [3.63, 3.8) is 0 Å². The Morgan fingerprint density at radius 2 is 1.88 bits per heavy atom. The quantitative estimate of drug-likeness (QED) is 0.494. The highest BCUT2D eigenvalue weighted by Crippen LogP contribution is 2.24. The smallest absolute Gasteiger partial charge is 0.180 e. The van der Waals surface area contributed by atoms with Gasteiger partial charge in [0.2, 0.25) is 0 Å². The zero-order valence-electron chi connectivity index (χ0n) is 14.2. The molecule has 4 aromatic rings. The first-order chi connectivity index (χ1) is 11.5. The van der Waals surface area contributed by atoms with Gasteiger partial charge in [-0.15, -0.1) is 0 Å². The van der Waals surface area contributed by atoms with Crippen molar-refractivity contribution in [1.29, 1.82) is 0 Å². The van der Waals surface area contributed by atoms with Crippen molar-refractivity contribution < 1.29 is 0 Å². The van der Waals surface area contributed by atoms with Gasteiger partial charge in [-0.3, -0.25) is 0 Å². The molecule has 0 fully saturated rings. The number of rotatable bonds is 1. The number of fused-ring (bicyclic) bond motifs is 2. The molecule has 24 heavy (non-hydrogen) atoms. The molecule has 8 heteroatoms. The largest absolute Gasteiger partial charge is 0.383 e. The minimum Gasteiger partial charge on any atom is -0.383 e. The molecule has 0 unspecified atom stereocenters. The van der Waals surface area contributed by atoms with E-state index in [-0.39, 0.29) is 0 Å². The Bertz CT molecular complexity index is 998. The van der Waals surface area contributed by atoms with Crippen molar-refractivity contribution >= 4 is 28.0 Å². The molecule has 4 aromatic heterocycles. The molecular weight excluding hydrogens is 304 g/mol. The summed E-state index contributed by atoms with van der Waals surface area (Å²) < 4.78 is 0. The fraction of sp³-hybridized carbons (Fsp3) is 0.312. The molecule has 0 bridgehead atoms. The van der Waals surface area contributed by atoms with Crippen molar-refractivity contribution in [3.8, 4) is 0 Å². The number of aromatic amines is 2. The van der Waals surface area contributed by atoms with Crippen molar-refractivity contribution in [2.24, 2.45) is 0 Å². The molecule has 124 valence electrons. The van der Waals surface area contributed by atoms with E-state index >= 15 is 0 Å². The number of hydrogen-bond donors (Lipinski definition) is 3. The Labute approximate surface area is 139 Å². The number of hydrogen-bond acceptors (Lipinski definition) is 6. The van der Waals surface area contributed by atoms with Crippen LogP contribution in [0.3, 0.4) is 0 Å². The highest BCUT2D eigenvalue weighted by molar-refractivity contribution is 5.90. The van der Waals surface area contributed by atoms with E-state index in [0.717, 1.165) is 34.3 Å². The summed E-state index contributed by atoms with van der Waals surface area (Å²) in [6.07, 6.45) is 4.09. The summed E-state index contributed by atoms with van der Waals surface area (Å²) >= 11 is 0. The highest BCUT2D eigenvalue weighted by Gasteiger charge is 2.11. The number of aromatic nitrogens is 7. The SMILES string of the molecule is CCc1[nH]c2nc(C)nc(N)c2c1C.Cc1ncnc2nc[nH]c12. The number of nitrogens with zero attached hydrogens (tertiary/aromatic N) is 5. The molecule has 0 aromatic carbocycles. The Hall–Kier alpha value is -3.03. The Kier molecular flexibility index (Phi) is 4.11. The number of nitrogens with one attached hydrogen (secondary N) is 2. The fourth-order valence-electron chi connectivity index (χ4n) is 2.68. The van der Waals surface area contributed by atoms with Gasteiger partial charge in [-0.05, 0) is 32.8 Å². The van der Waals surface area contributed by atoms with Gasteiger partial charge in [-0.25, -0.2) is 24.9 Å². The lowest BCUT2D eigenvalue weighted by molar-refractivity contribution is 1.04. The molecule has 4 heterocycles. The molecule has 0 aliphatic carbocycles. The van der Waals surface area contributed by atoms with Gasteiger partial charge in [0.1, 0.15) is 29.1 Å². The van der Waals surface area contributed by atoms with Crippen molar-refractivity contribution in [2.75, 3.05) is 5.73 Å². The van der Waals surface area contributed by atoms with Gasteiger partial charge in [0.05, 0.1) is 17.4 Å². The number of nitrogen functional groups attached to an aromatic ring is 1. The first-order valence-corrected chi connectivity index (χ1v) is 7.73. The van der Waals surface area contributed by atoms with Crippen molar-refractivity contribution in [2.45, 2.75) is 34.1 Å². The molecular formula is C16H20N8. The number of nitrogens with two attached hydrogens (primary N) is 1. The maximum Gasteiger partial charge on any atom is 0.180 e. The van der Waals surface area contributed by atoms with E-state index in [1.807, 2.05) is 20.8 Å². The second-order valence-corrected chi connectivity index (χ2v) is 5.52. The number of H-pyrrole nitrogens is 2. The minimum atomic E-state index is 0.570. The molecule has 4 rings (SSSR count). The molecule has 0 saturated heterocycles. The summed E-state index contributed by atoms with van der Waals surface area (Å²) in [6, 6.07) is 0. The molecule has 0 aliphatic rings. The van der Waals surface area contributed by atoms with Crippen LogP contribution in [0.2, 0.25) is 0 Å². The van der Waals surface area contributed by atoms with Crippen LogP contribution in [-0.2, 0) is 6.42 Å². The van der Waals surface area contributed by atoms with Gasteiger partial charge >= 0.3 is 0 Å². The van der Waals surface area contributed by atoms with Gasteiger partial charge in [-0.2, -0.15) is 0 Å². The molecule has 0 aliphatic heterocycles. The lowest BCUT2D eigenvalue weighted by Gasteiger charge is -1.98. The third-order valence-electron chi connectivity index (χ3n) is 3.91. The average molecular weight is 324 g/mol. The molecule has 0 atom stereocenters. The van der Waals surface area contributed by atoms with Crippen molar-refractivity contribution in [1.82, 2.24) is 34.9 Å². The standard InChI is InChI=1S/C10H14N4.C6H6N4/c1-4-7-5(2)8-9(11)12-6(3)13-10(8)14-7;1-4-5-6(9-2-7-4)10-3-8-5/h4H2,1-3H3,(H3,11,12,13,14);2-3H,1H3,(H,7,8,9,10). The molecule has 8 nitrogen and oxygen atoms in total. The van der Waals surface area contributed by atoms with Crippen LogP contribution in [-0.4, -0.2) is 34.9 Å². The van der Waals surface area contributed by atoms with Crippen LogP contribution in [0.5, 0.6) is 0 Å². The topological polar surface area (TPSA) is 122 Å². The maximum absolute atomic E-state index is 5.85. The van der Waals surface area contributed by atoms with Gasteiger partial charge in [0, 0.05) is 5.69 Å². The molecule has 0 amide bonds. The Balaban J connectivity index is 0.000000149. The van der Waals surface area contributed by atoms with Gasteiger partial charge in [0.25, 0.3) is 0 Å². The van der Waals surface area contributed by atoms with Crippen LogP contribution in [0.1, 0.15) is 29.7 Å². The predicted octanol–water partition coefficient (Wildman–Crippen LogP) is 2.38. The fourth-order valence-corrected chi connectivity index (χ4v) is 2.68. The van der Waals surface area contributed by atoms with Crippen LogP contribution >= 0.6 is 0 Å². The van der Waals surface area contributed by atoms with E-state index in [1.54, 1.807) is 6.33 Å². The second kappa shape index (κ2) is 6.23.